The van der Waals surface area contributed by atoms with Crippen LogP contribution >= 0.6 is 11.3 Å². The minimum Gasteiger partial charge on any atom is -0.288 e. The maximum atomic E-state index is 12.7. The number of hydrogen-bond donors (Lipinski definition) is 3. The van der Waals surface area contributed by atoms with Gasteiger partial charge in [-0.3, -0.25) is 14.7 Å². The highest BCUT2D eigenvalue weighted by Gasteiger charge is 2.18. The molecule has 0 saturated carbocycles. The Bertz CT molecular complexity index is 1090. The Kier molecular flexibility index (Phi) is 4.98. The van der Waals surface area contributed by atoms with Crippen molar-refractivity contribution in [2.75, 3.05) is 4.72 Å². The largest absolute Gasteiger partial charge is 0.288 e. The van der Waals surface area contributed by atoms with Gasteiger partial charge in [0.15, 0.2) is 0 Å². The number of anilines is 1. The van der Waals surface area contributed by atoms with Crippen LogP contribution in [-0.4, -0.2) is 19.5 Å². The minimum atomic E-state index is -3.72. The maximum absolute atomic E-state index is 12.7. The molecule has 1 aromatic heterocycles. The molecule has 1 amide bonds. The quantitative estimate of drug-likeness (QED) is 0.450. The third kappa shape index (κ3) is 4.13. The third-order valence-corrected chi connectivity index (χ3v) is 6.64. The predicted molar refractivity (Wildman–Crippen MR) is 107 cm³/mol. The van der Waals surface area contributed by atoms with Crippen molar-refractivity contribution in [1.29, 1.82) is 0 Å². The number of thiophene rings is 1. The first-order chi connectivity index (χ1) is 12.6. The van der Waals surface area contributed by atoms with Gasteiger partial charge in [-0.25, -0.2) is 13.9 Å². The van der Waals surface area contributed by atoms with Gasteiger partial charge in [0.05, 0.1) is 9.77 Å². The van der Waals surface area contributed by atoms with E-state index in [4.69, 9.17) is 5.21 Å². The molecular formula is C19H20N2O4S2. The van der Waals surface area contributed by atoms with E-state index in [1.165, 1.54) is 11.3 Å². The number of carbonyl (C=O) groups is 1. The molecule has 8 heteroatoms. The van der Waals surface area contributed by atoms with Crippen LogP contribution in [0.5, 0.6) is 0 Å². The molecule has 0 aliphatic carbocycles. The number of nitrogens with one attached hydrogen (secondary N) is 2. The Balaban J connectivity index is 1.88. The summed E-state index contributed by atoms with van der Waals surface area (Å²) in [5.41, 5.74) is 2.99. The highest BCUT2D eigenvalue weighted by Crippen LogP contribution is 2.29. The van der Waals surface area contributed by atoms with E-state index in [9.17, 15) is 13.2 Å². The second-order valence-corrected chi connectivity index (χ2v) is 9.95. The zero-order valence-electron chi connectivity index (χ0n) is 15.1. The van der Waals surface area contributed by atoms with Gasteiger partial charge in [-0.15, -0.1) is 11.3 Å². The van der Waals surface area contributed by atoms with E-state index in [2.05, 4.69) is 25.5 Å². The van der Waals surface area contributed by atoms with Crippen molar-refractivity contribution in [3.05, 3.63) is 59.0 Å². The van der Waals surface area contributed by atoms with Gasteiger partial charge in [0.25, 0.3) is 15.9 Å². The van der Waals surface area contributed by atoms with Crippen LogP contribution in [0.3, 0.4) is 0 Å². The molecule has 6 nitrogen and oxygen atoms in total. The van der Waals surface area contributed by atoms with Crippen molar-refractivity contribution in [2.24, 2.45) is 0 Å². The van der Waals surface area contributed by atoms with Crippen molar-refractivity contribution in [3.8, 4) is 0 Å². The monoisotopic (exact) mass is 404 g/mol. The number of amides is 1. The molecule has 0 saturated heterocycles. The Morgan fingerprint density at radius 3 is 2.30 bits per heavy atom. The second kappa shape index (κ2) is 6.95. The summed E-state index contributed by atoms with van der Waals surface area (Å²) in [6.07, 6.45) is 0. The lowest BCUT2D eigenvalue weighted by molar-refractivity contribution is 0.0711. The van der Waals surface area contributed by atoms with Gasteiger partial charge >= 0.3 is 0 Å². The molecule has 0 aliphatic heterocycles. The molecule has 3 aromatic rings. The predicted octanol–water partition coefficient (Wildman–Crippen LogP) is 4.12. The van der Waals surface area contributed by atoms with Crippen molar-refractivity contribution >= 4 is 43.0 Å². The highest BCUT2D eigenvalue weighted by molar-refractivity contribution is 7.92. The number of benzene rings is 2. The van der Waals surface area contributed by atoms with E-state index < -0.39 is 15.9 Å². The van der Waals surface area contributed by atoms with Crippen molar-refractivity contribution in [2.45, 2.75) is 31.1 Å². The summed E-state index contributed by atoms with van der Waals surface area (Å²) >= 11 is 1.21. The molecule has 0 spiro atoms. The Hall–Kier alpha value is -2.42. The summed E-state index contributed by atoms with van der Waals surface area (Å²) in [4.78, 5) is 12.0. The summed E-state index contributed by atoms with van der Waals surface area (Å²) in [6.45, 7) is 6.20. The molecule has 3 N–H and O–H groups in total. The van der Waals surface area contributed by atoms with Gasteiger partial charge in [0.1, 0.15) is 0 Å². The normalized spacial score (nSPS) is 12.1. The van der Waals surface area contributed by atoms with Crippen LogP contribution in [0, 0.1) is 0 Å². The molecule has 0 unspecified atom stereocenters. The molecule has 1 heterocycles. The molecule has 0 aliphatic rings. The summed E-state index contributed by atoms with van der Waals surface area (Å²) in [5.74, 6) is -0.600. The topological polar surface area (TPSA) is 95.5 Å². The summed E-state index contributed by atoms with van der Waals surface area (Å²) in [7, 11) is -3.72. The Labute approximate surface area is 161 Å². The van der Waals surface area contributed by atoms with Crippen LogP contribution in [-0.2, 0) is 15.4 Å². The van der Waals surface area contributed by atoms with Crippen molar-refractivity contribution in [3.63, 3.8) is 0 Å². The van der Waals surface area contributed by atoms with E-state index in [-0.39, 0.29) is 10.3 Å². The van der Waals surface area contributed by atoms with E-state index >= 15 is 0 Å². The first-order valence-corrected chi connectivity index (χ1v) is 10.5. The van der Waals surface area contributed by atoms with Crippen LogP contribution in [0.25, 0.3) is 10.1 Å². The standard InChI is InChI=1S/C19H20N2O4S2/c1-19(2,3)13-4-7-15(8-5-13)27(24,25)21-14-6-9-16-12(10-14)11-17(26-16)18(22)20-23/h4-11,21,23H,1-3H3,(H,20,22). The fourth-order valence-corrected chi connectivity index (χ4v) is 4.60. The molecule has 2 aromatic carbocycles. The van der Waals surface area contributed by atoms with E-state index in [0.29, 0.717) is 16.0 Å². The van der Waals surface area contributed by atoms with E-state index in [0.717, 1.165) is 10.3 Å². The van der Waals surface area contributed by atoms with Gasteiger partial charge in [-0.05, 0) is 52.8 Å². The smallest absolute Gasteiger partial charge is 0.284 e. The zero-order chi connectivity index (χ0) is 19.8. The van der Waals surface area contributed by atoms with Crippen LogP contribution in [0.1, 0.15) is 36.0 Å². The number of carbonyl (C=O) groups excluding carboxylic acids is 1. The fourth-order valence-electron chi connectivity index (χ4n) is 2.62. The molecule has 0 radical (unpaired) electrons. The van der Waals surface area contributed by atoms with Crippen LogP contribution in [0.4, 0.5) is 5.69 Å². The van der Waals surface area contributed by atoms with Crippen LogP contribution in [0.2, 0.25) is 0 Å². The van der Waals surface area contributed by atoms with Gasteiger partial charge in [0.2, 0.25) is 0 Å². The van der Waals surface area contributed by atoms with Gasteiger partial charge < -0.3 is 0 Å². The lowest BCUT2D eigenvalue weighted by atomic mass is 9.87. The number of hydrogen-bond acceptors (Lipinski definition) is 5. The molecule has 0 fully saturated rings. The summed E-state index contributed by atoms with van der Waals surface area (Å²) < 4.78 is 28.7. The average Bonchev–Trinajstić information content (AvgIpc) is 3.03. The molecule has 3 rings (SSSR count). The number of sulfonamides is 1. The molecular weight excluding hydrogens is 384 g/mol. The van der Waals surface area contributed by atoms with Gasteiger partial charge in [-0.1, -0.05) is 32.9 Å². The maximum Gasteiger partial charge on any atom is 0.284 e. The highest BCUT2D eigenvalue weighted by atomic mass is 32.2. The third-order valence-electron chi connectivity index (χ3n) is 4.12. The Morgan fingerprint density at radius 1 is 1.04 bits per heavy atom. The van der Waals surface area contributed by atoms with E-state index in [1.807, 2.05) is 12.1 Å². The fraction of sp³-hybridized carbons (Fsp3) is 0.211. The van der Waals surface area contributed by atoms with Crippen molar-refractivity contribution in [1.82, 2.24) is 5.48 Å². The van der Waals surface area contributed by atoms with Crippen LogP contribution < -0.4 is 10.2 Å². The Morgan fingerprint density at radius 2 is 1.70 bits per heavy atom. The number of hydroxylamine groups is 1. The molecule has 0 atom stereocenters. The lowest BCUT2D eigenvalue weighted by Crippen LogP contribution is -2.16. The number of rotatable bonds is 4. The summed E-state index contributed by atoms with van der Waals surface area (Å²) in [5, 5.41) is 9.44. The molecule has 27 heavy (non-hydrogen) atoms. The average molecular weight is 405 g/mol. The van der Waals surface area contributed by atoms with Gasteiger partial charge in [-0.2, -0.15) is 0 Å². The van der Waals surface area contributed by atoms with E-state index in [1.54, 1.807) is 41.9 Å². The van der Waals surface area contributed by atoms with Crippen LogP contribution in [0.15, 0.2) is 53.4 Å². The zero-order valence-corrected chi connectivity index (χ0v) is 16.7. The number of fused-ring (bicyclic) bond motifs is 1. The van der Waals surface area contributed by atoms with Gasteiger partial charge in [0, 0.05) is 10.4 Å². The van der Waals surface area contributed by atoms with Crippen molar-refractivity contribution < 1.29 is 18.4 Å². The SMILES string of the molecule is CC(C)(C)c1ccc(S(=O)(=O)Nc2ccc3sc(C(=O)NO)cc3c2)cc1. The second-order valence-electron chi connectivity index (χ2n) is 7.18. The summed E-state index contributed by atoms with van der Waals surface area (Å²) in [6, 6.07) is 13.4. The first-order valence-electron chi connectivity index (χ1n) is 8.21. The molecule has 0 bridgehead atoms. The first kappa shape index (κ1) is 19.3. The molecule has 142 valence electrons. The lowest BCUT2D eigenvalue weighted by Gasteiger charge is -2.19. The minimum absolute atomic E-state index is 0.0573.